The number of hydrogen-bond acceptors (Lipinski definition) is 5. The molecule has 3 rings (SSSR count). The highest BCUT2D eigenvalue weighted by Crippen LogP contribution is 2.33. The van der Waals surface area contributed by atoms with E-state index in [0.717, 1.165) is 0 Å². The predicted molar refractivity (Wildman–Crippen MR) is 117 cm³/mol. The molecule has 0 atom stereocenters. The number of benzene rings is 2. The molecule has 160 valence electrons. The van der Waals surface area contributed by atoms with E-state index in [1.165, 1.54) is 9.47 Å². The number of aromatic nitrogens is 1. The van der Waals surface area contributed by atoms with E-state index in [1.54, 1.807) is 56.4 Å². The van der Waals surface area contributed by atoms with Gasteiger partial charge in [-0.3, -0.25) is 14.1 Å². The first kappa shape index (κ1) is 23.4. The second-order valence-corrected chi connectivity index (χ2v) is 8.21. The zero-order chi connectivity index (χ0) is 22.6. The van der Waals surface area contributed by atoms with Crippen LogP contribution in [0.3, 0.4) is 0 Å². The Morgan fingerprint density at radius 3 is 2.23 bits per heavy atom. The van der Waals surface area contributed by atoms with E-state index in [4.69, 9.17) is 16.2 Å². The summed E-state index contributed by atoms with van der Waals surface area (Å²) in [6.45, 7) is 2.16. The van der Waals surface area contributed by atoms with Gasteiger partial charge in [-0.05, 0) is 31.2 Å². The monoisotopic (exact) mass is 452 g/mol. The molecule has 3 aromatic rings. The van der Waals surface area contributed by atoms with Gasteiger partial charge >= 0.3 is 0 Å². The van der Waals surface area contributed by atoms with Crippen LogP contribution in [0.2, 0.25) is 5.02 Å². The fourth-order valence-corrected chi connectivity index (χ4v) is 3.17. The third kappa shape index (κ3) is 5.18. The van der Waals surface area contributed by atoms with Crippen molar-refractivity contribution in [3.63, 3.8) is 0 Å². The summed E-state index contributed by atoms with van der Waals surface area (Å²) in [4.78, 5) is 27.2. The number of aromatic hydroxyl groups is 1. The summed E-state index contributed by atoms with van der Waals surface area (Å²) < 4.78 is 27.2. The average Bonchev–Trinajstić information content (AvgIpc) is 2.66. The minimum Gasteiger partial charge on any atom is -0.506 e. The predicted octanol–water partition coefficient (Wildman–Crippen LogP) is 3.07. The summed E-state index contributed by atoms with van der Waals surface area (Å²) in [6, 6.07) is 14.0. The molecule has 30 heavy (non-hydrogen) atoms. The third-order valence-electron chi connectivity index (χ3n) is 4.19. The lowest BCUT2D eigenvalue weighted by atomic mass is 10.1. The molecule has 8 nitrogen and oxygen atoms in total. The van der Waals surface area contributed by atoms with Crippen molar-refractivity contribution in [3.05, 3.63) is 69.5 Å². The summed E-state index contributed by atoms with van der Waals surface area (Å²) in [5.41, 5.74) is 0.269. The standard InChI is InChI=1S/C19H17ClN2O3.CH4O3S/c1-3-22(12-8-5-4-6-9-12)19(25)16-17(23)15-13(20)10-7-11-14(15)21(2)18(16)24;1-5(2,3)4/h4-11,23H,3H2,1-2H3;1H3,(H,2,3,4). The summed E-state index contributed by atoms with van der Waals surface area (Å²) in [5, 5.41) is 11.2. The van der Waals surface area contributed by atoms with Crippen LogP contribution in [0.1, 0.15) is 17.3 Å². The Balaban J connectivity index is 0.000000575. The summed E-state index contributed by atoms with van der Waals surface area (Å²) in [5.74, 6) is -0.947. The molecular weight excluding hydrogens is 432 g/mol. The maximum atomic E-state index is 13.0. The van der Waals surface area contributed by atoms with Crippen LogP contribution >= 0.6 is 11.6 Å². The summed E-state index contributed by atoms with van der Waals surface area (Å²) in [6.07, 6.45) is 0.715. The minimum atomic E-state index is -3.67. The third-order valence-corrected chi connectivity index (χ3v) is 4.50. The second-order valence-electron chi connectivity index (χ2n) is 6.34. The molecule has 0 fully saturated rings. The quantitative estimate of drug-likeness (QED) is 0.590. The van der Waals surface area contributed by atoms with Gasteiger partial charge in [0.1, 0.15) is 11.3 Å². The van der Waals surface area contributed by atoms with E-state index in [1.807, 2.05) is 6.07 Å². The van der Waals surface area contributed by atoms with Crippen LogP contribution in [-0.4, -0.2) is 41.4 Å². The molecule has 0 saturated carbocycles. The molecule has 1 heterocycles. The molecule has 0 aliphatic carbocycles. The topological polar surface area (TPSA) is 117 Å². The molecule has 2 N–H and O–H groups in total. The van der Waals surface area contributed by atoms with E-state index in [9.17, 15) is 23.1 Å². The Labute approximate surface area is 178 Å². The first-order valence-corrected chi connectivity index (χ1v) is 11.0. The van der Waals surface area contributed by atoms with Crippen LogP contribution in [0.4, 0.5) is 5.69 Å². The fraction of sp³-hybridized carbons (Fsp3) is 0.200. The molecule has 0 spiro atoms. The van der Waals surface area contributed by atoms with Gasteiger partial charge in [0.25, 0.3) is 21.6 Å². The lowest BCUT2D eigenvalue weighted by Gasteiger charge is -2.22. The highest BCUT2D eigenvalue weighted by molar-refractivity contribution is 7.85. The number of amides is 1. The van der Waals surface area contributed by atoms with Gasteiger partial charge in [0.05, 0.1) is 22.2 Å². The van der Waals surface area contributed by atoms with Crippen LogP contribution < -0.4 is 10.5 Å². The van der Waals surface area contributed by atoms with Crippen molar-refractivity contribution >= 4 is 44.2 Å². The zero-order valence-corrected chi connectivity index (χ0v) is 18.1. The van der Waals surface area contributed by atoms with E-state index in [2.05, 4.69) is 0 Å². The number of pyridine rings is 1. The van der Waals surface area contributed by atoms with Crippen molar-refractivity contribution < 1.29 is 22.9 Å². The van der Waals surface area contributed by atoms with Crippen LogP contribution in [0.15, 0.2) is 53.3 Å². The first-order valence-electron chi connectivity index (χ1n) is 8.76. The van der Waals surface area contributed by atoms with Gasteiger partial charge in [-0.15, -0.1) is 0 Å². The van der Waals surface area contributed by atoms with E-state index in [0.29, 0.717) is 29.4 Å². The molecule has 10 heteroatoms. The molecule has 0 unspecified atom stereocenters. The number of halogens is 1. The minimum absolute atomic E-state index is 0.280. The van der Waals surface area contributed by atoms with Gasteiger partial charge in [-0.1, -0.05) is 35.9 Å². The number of fused-ring (bicyclic) bond motifs is 1. The maximum Gasteiger partial charge on any atom is 0.267 e. The van der Waals surface area contributed by atoms with E-state index >= 15 is 0 Å². The molecule has 0 bridgehead atoms. The van der Waals surface area contributed by atoms with Crippen LogP contribution in [0, 0.1) is 0 Å². The lowest BCUT2D eigenvalue weighted by Crippen LogP contribution is -2.36. The van der Waals surface area contributed by atoms with Gasteiger partial charge in [0, 0.05) is 19.3 Å². The average molecular weight is 453 g/mol. The number of carbonyl (C=O) groups is 1. The Bertz CT molecular complexity index is 1230. The Morgan fingerprint density at radius 2 is 1.70 bits per heavy atom. The van der Waals surface area contributed by atoms with Gasteiger partial charge in [0.2, 0.25) is 0 Å². The lowest BCUT2D eigenvalue weighted by molar-refractivity contribution is 0.0984. The molecule has 0 aliphatic rings. The summed E-state index contributed by atoms with van der Waals surface area (Å²) in [7, 11) is -2.12. The van der Waals surface area contributed by atoms with Crippen molar-refractivity contribution in [1.82, 2.24) is 4.57 Å². The number of carbonyl (C=O) groups excluding carboxylic acids is 1. The molecule has 1 aromatic heterocycles. The van der Waals surface area contributed by atoms with Crippen LogP contribution in [0.25, 0.3) is 10.9 Å². The number of nitrogens with zero attached hydrogens (tertiary/aromatic N) is 2. The smallest absolute Gasteiger partial charge is 0.267 e. The van der Waals surface area contributed by atoms with Gasteiger partial charge in [-0.2, -0.15) is 8.42 Å². The molecule has 0 aliphatic heterocycles. The number of rotatable bonds is 3. The van der Waals surface area contributed by atoms with Crippen molar-refractivity contribution in [3.8, 4) is 5.75 Å². The van der Waals surface area contributed by atoms with Gasteiger partial charge in [-0.25, -0.2) is 0 Å². The number of aryl methyl sites for hydroxylation is 1. The van der Waals surface area contributed by atoms with Gasteiger partial charge < -0.3 is 14.6 Å². The maximum absolute atomic E-state index is 13.0. The molecule has 0 radical (unpaired) electrons. The van der Waals surface area contributed by atoms with Crippen molar-refractivity contribution in [2.45, 2.75) is 6.92 Å². The first-order chi connectivity index (χ1) is 14.0. The summed E-state index contributed by atoms with van der Waals surface area (Å²) >= 11 is 6.19. The van der Waals surface area contributed by atoms with Crippen molar-refractivity contribution in [1.29, 1.82) is 0 Å². The highest BCUT2D eigenvalue weighted by atomic mass is 35.5. The van der Waals surface area contributed by atoms with Crippen LogP contribution in [0.5, 0.6) is 5.75 Å². The van der Waals surface area contributed by atoms with E-state index in [-0.39, 0.29) is 16.3 Å². The van der Waals surface area contributed by atoms with Crippen molar-refractivity contribution in [2.24, 2.45) is 7.05 Å². The molecule has 1 amide bonds. The Morgan fingerprint density at radius 1 is 1.13 bits per heavy atom. The van der Waals surface area contributed by atoms with Crippen molar-refractivity contribution in [2.75, 3.05) is 17.7 Å². The second kappa shape index (κ2) is 9.29. The molecule has 2 aromatic carbocycles. The largest absolute Gasteiger partial charge is 0.506 e. The highest BCUT2D eigenvalue weighted by Gasteiger charge is 2.26. The molecule has 0 saturated heterocycles. The molecular formula is C20H21ClN2O6S. The zero-order valence-electron chi connectivity index (χ0n) is 16.5. The van der Waals surface area contributed by atoms with E-state index < -0.39 is 21.6 Å². The number of anilines is 1. The van der Waals surface area contributed by atoms with Gasteiger partial charge in [0.15, 0.2) is 0 Å². The Hall–Kier alpha value is -2.88. The fourth-order valence-electron chi connectivity index (χ4n) is 2.91. The van der Waals surface area contributed by atoms with Crippen LogP contribution in [-0.2, 0) is 17.2 Å². The Kier molecular flexibility index (Phi) is 7.25. The SMILES string of the molecule is CCN(C(=O)c1c(O)c2c(Cl)cccc2n(C)c1=O)c1ccccc1.CS(=O)(=O)O. The normalized spacial score (nSPS) is 11.0. The number of para-hydroxylation sites is 1. The number of hydrogen-bond donors (Lipinski definition) is 2.